The summed E-state index contributed by atoms with van der Waals surface area (Å²) in [5.41, 5.74) is 6.53. The van der Waals surface area contributed by atoms with Crippen LogP contribution in [0.3, 0.4) is 0 Å². The van der Waals surface area contributed by atoms with E-state index in [-0.39, 0.29) is 39.3 Å². The molecular weight excluding hydrogens is 514 g/mol. The third-order valence-corrected chi connectivity index (χ3v) is 13.9. The summed E-state index contributed by atoms with van der Waals surface area (Å²) in [6, 6.07) is 0. The van der Waals surface area contributed by atoms with E-state index < -0.39 is 17.4 Å². The highest BCUT2D eigenvalue weighted by Gasteiger charge is 2.72. The average Bonchev–Trinajstić information content (AvgIpc) is 2.86. The van der Waals surface area contributed by atoms with E-state index in [4.69, 9.17) is 19.9 Å². The number of methoxy groups -OCH3 is 1. The Kier molecular flexibility index (Phi) is 7.71. The lowest BCUT2D eigenvalue weighted by molar-refractivity contribution is -0.270. The summed E-state index contributed by atoms with van der Waals surface area (Å²) in [4.78, 5) is 13.3. The van der Waals surface area contributed by atoms with Gasteiger partial charge in [-0.1, -0.05) is 60.1 Å². The van der Waals surface area contributed by atoms with Crippen molar-refractivity contribution in [2.75, 3.05) is 26.9 Å². The monoisotopic (exact) mass is 573 g/mol. The highest BCUT2D eigenvalue weighted by molar-refractivity contribution is 5.73. The SMILES string of the molecule is CO[C@@H]1C[C@]2(C)COC[C@@]3(C4=CC[C@@]5(C)[C@H](C(=O)O)[C@@](C)([C@H](C)C(C)C)CC[C@]5(C)[C@H]4CC[C@H]23)[C@H]1OCC(C)(C)N. The van der Waals surface area contributed by atoms with Crippen molar-refractivity contribution < 1.29 is 24.1 Å². The molecule has 1 aliphatic heterocycles. The van der Waals surface area contributed by atoms with Crippen LogP contribution in [0.2, 0.25) is 0 Å². The molecule has 0 aromatic rings. The molecule has 6 heteroatoms. The molecule has 0 aromatic carbocycles. The minimum atomic E-state index is -0.616. The number of hydrogen-bond acceptors (Lipinski definition) is 5. The van der Waals surface area contributed by atoms with Crippen molar-refractivity contribution in [3.8, 4) is 0 Å². The first-order chi connectivity index (χ1) is 18.9. The predicted octanol–water partition coefficient (Wildman–Crippen LogP) is 6.71. The maximum atomic E-state index is 13.3. The van der Waals surface area contributed by atoms with Gasteiger partial charge in [-0.25, -0.2) is 0 Å². The third-order valence-electron chi connectivity index (χ3n) is 13.9. The van der Waals surface area contributed by atoms with E-state index in [1.807, 2.05) is 21.0 Å². The van der Waals surface area contributed by atoms with Crippen molar-refractivity contribution in [3.63, 3.8) is 0 Å². The smallest absolute Gasteiger partial charge is 0.307 e. The Morgan fingerprint density at radius 3 is 2.39 bits per heavy atom. The highest BCUT2D eigenvalue weighted by Crippen LogP contribution is 2.75. The molecule has 0 radical (unpaired) electrons. The van der Waals surface area contributed by atoms with Gasteiger partial charge in [0.2, 0.25) is 0 Å². The van der Waals surface area contributed by atoms with Gasteiger partial charge in [-0.15, -0.1) is 0 Å². The fraction of sp³-hybridized carbons (Fsp3) is 0.914. The Morgan fingerprint density at radius 1 is 1.12 bits per heavy atom. The van der Waals surface area contributed by atoms with Gasteiger partial charge in [0.05, 0.1) is 37.9 Å². The second kappa shape index (κ2) is 10.0. The molecule has 3 saturated carbocycles. The summed E-state index contributed by atoms with van der Waals surface area (Å²) < 4.78 is 19.7. The number of carbonyl (C=O) groups is 1. The second-order valence-electron chi connectivity index (χ2n) is 17.1. The van der Waals surface area contributed by atoms with Crippen molar-refractivity contribution in [2.24, 2.45) is 62.4 Å². The first kappa shape index (κ1) is 31.5. The predicted molar refractivity (Wildman–Crippen MR) is 162 cm³/mol. The van der Waals surface area contributed by atoms with Gasteiger partial charge in [-0.2, -0.15) is 0 Å². The summed E-state index contributed by atoms with van der Waals surface area (Å²) >= 11 is 0. The van der Waals surface area contributed by atoms with Gasteiger partial charge in [0, 0.05) is 18.1 Å². The van der Waals surface area contributed by atoms with Gasteiger partial charge < -0.3 is 25.1 Å². The standard InChI is InChI=1S/C35H59NO5/c1-21(2)22(3)32(7)15-16-33(8)23-11-12-26-31(6)17-25(39-10)28(41-18-30(4,5)36)35(26,20-40-19-31)24(23)13-14-34(33,9)27(32)29(37)38/h13,21-23,25-28H,11-12,14-20,36H2,1-10H3,(H,37,38)/t22-,23+,25-,26-,27-,28+,31-,32-,33-,34+,35+/m1/s1. The topological polar surface area (TPSA) is 91.0 Å². The molecule has 11 atom stereocenters. The molecule has 0 unspecified atom stereocenters. The summed E-state index contributed by atoms with van der Waals surface area (Å²) in [6.45, 7) is 22.1. The zero-order valence-electron chi connectivity index (χ0n) is 27.6. The summed E-state index contributed by atoms with van der Waals surface area (Å²) in [6.07, 6.45) is 8.25. The molecule has 2 bridgehead atoms. The number of carboxylic acids is 1. The van der Waals surface area contributed by atoms with Crippen LogP contribution in [0, 0.1) is 56.7 Å². The average molecular weight is 574 g/mol. The van der Waals surface area contributed by atoms with Crippen molar-refractivity contribution in [1.82, 2.24) is 0 Å². The third kappa shape index (κ3) is 4.35. The normalized spacial score (nSPS) is 48.5. The Labute approximate surface area is 249 Å². The molecule has 0 amide bonds. The molecule has 1 saturated heterocycles. The molecule has 41 heavy (non-hydrogen) atoms. The summed E-state index contributed by atoms with van der Waals surface area (Å²) in [5.74, 6) is 0.506. The summed E-state index contributed by atoms with van der Waals surface area (Å²) in [5, 5.41) is 10.9. The minimum absolute atomic E-state index is 0.0198. The molecule has 0 spiro atoms. The molecular formula is C35H59NO5. The molecule has 4 fully saturated rings. The molecule has 5 aliphatic rings. The first-order valence-corrected chi connectivity index (χ1v) is 16.4. The number of hydrogen-bond donors (Lipinski definition) is 2. The van der Waals surface area contributed by atoms with Crippen molar-refractivity contribution in [2.45, 2.75) is 119 Å². The lowest BCUT2D eigenvalue weighted by Crippen LogP contribution is -2.71. The van der Waals surface area contributed by atoms with Crippen LogP contribution in [0.25, 0.3) is 0 Å². The fourth-order valence-electron chi connectivity index (χ4n) is 11.4. The van der Waals surface area contributed by atoms with Crippen LogP contribution in [0.5, 0.6) is 0 Å². The lowest BCUT2D eigenvalue weighted by Gasteiger charge is -2.71. The van der Waals surface area contributed by atoms with Gasteiger partial charge in [-0.3, -0.25) is 4.79 Å². The zero-order valence-corrected chi connectivity index (χ0v) is 27.6. The van der Waals surface area contributed by atoms with Crippen LogP contribution in [0.1, 0.15) is 101 Å². The van der Waals surface area contributed by atoms with Gasteiger partial charge in [-0.05, 0) is 97.7 Å². The van der Waals surface area contributed by atoms with Crippen molar-refractivity contribution >= 4 is 5.97 Å². The van der Waals surface area contributed by atoms with Crippen LogP contribution in [0.4, 0.5) is 0 Å². The lowest BCUT2D eigenvalue weighted by atomic mass is 9.34. The summed E-state index contributed by atoms with van der Waals surface area (Å²) in [7, 11) is 1.83. The van der Waals surface area contributed by atoms with Gasteiger partial charge in [0.1, 0.15) is 0 Å². The van der Waals surface area contributed by atoms with E-state index >= 15 is 0 Å². The zero-order chi connectivity index (χ0) is 30.4. The van der Waals surface area contributed by atoms with E-state index in [2.05, 4.69) is 54.5 Å². The molecule has 4 aliphatic carbocycles. The van der Waals surface area contributed by atoms with E-state index in [0.29, 0.717) is 36.9 Å². The maximum absolute atomic E-state index is 13.3. The number of carboxylic acid groups (broad SMARTS) is 1. The fourth-order valence-corrected chi connectivity index (χ4v) is 11.4. The van der Waals surface area contributed by atoms with E-state index in [0.717, 1.165) is 45.1 Å². The second-order valence-corrected chi connectivity index (χ2v) is 17.1. The van der Waals surface area contributed by atoms with Crippen LogP contribution in [0.15, 0.2) is 11.6 Å². The van der Waals surface area contributed by atoms with Gasteiger partial charge >= 0.3 is 5.97 Å². The number of nitrogens with two attached hydrogens (primary N) is 1. The van der Waals surface area contributed by atoms with Crippen LogP contribution >= 0.6 is 0 Å². The van der Waals surface area contributed by atoms with Gasteiger partial charge in [0.25, 0.3) is 0 Å². The van der Waals surface area contributed by atoms with Crippen molar-refractivity contribution in [3.05, 3.63) is 11.6 Å². The first-order valence-electron chi connectivity index (χ1n) is 16.4. The molecule has 6 nitrogen and oxygen atoms in total. The Morgan fingerprint density at radius 2 is 1.80 bits per heavy atom. The Balaban J connectivity index is 1.65. The van der Waals surface area contributed by atoms with Crippen molar-refractivity contribution in [1.29, 1.82) is 0 Å². The number of ether oxygens (including phenoxy) is 3. The maximum Gasteiger partial charge on any atom is 0.307 e. The molecule has 234 valence electrons. The van der Waals surface area contributed by atoms with Crippen LogP contribution in [-0.2, 0) is 19.0 Å². The molecule has 5 rings (SSSR count). The van der Waals surface area contributed by atoms with Crippen LogP contribution < -0.4 is 5.73 Å². The Hall–Kier alpha value is -0.950. The minimum Gasteiger partial charge on any atom is -0.481 e. The number of fused-ring (bicyclic) bond motifs is 3. The highest BCUT2D eigenvalue weighted by atomic mass is 16.5. The number of rotatable bonds is 7. The van der Waals surface area contributed by atoms with Crippen LogP contribution in [-0.4, -0.2) is 55.8 Å². The number of allylic oxidation sites excluding steroid dienone is 1. The molecule has 1 heterocycles. The van der Waals surface area contributed by atoms with E-state index in [9.17, 15) is 9.90 Å². The van der Waals surface area contributed by atoms with E-state index in [1.165, 1.54) is 5.57 Å². The Bertz CT molecular complexity index is 1070. The van der Waals surface area contributed by atoms with E-state index in [1.54, 1.807) is 0 Å². The molecule has 3 N–H and O–H groups in total. The largest absolute Gasteiger partial charge is 0.481 e. The quantitative estimate of drug-likeness (QED) is 0.329. The molecule has 0 aromatic heterocycles. The van der Waals surface area contributed by atoms with Gasteiger partial charge in [0.15, 0.2) is 0 Å². The number of aliphatic carboxylic acids is 1.